The van der Waals surface area contributed by atoms with Gasteiger partial charge in [-0.1, -0.05) is 46.3 Å². The smallest absolute Gasteiger partial charge is 0.312 e. The number of carboxylic acid groups (broad SMARTS) is 1. The van der Waals surface area contributed by atoms with E-state index in [0.29, 0.717) is 19.3 Å². The number of carbonyl (C=O) groups excluding carboxylic acids is 1. The third-order valence-corrected chi connectivity index (χ3v) is 13.4. The minimum absolute atomic E-state index is 0.000237. The van der Waals surface area contributed by atoms with Crippen LogP contribution in [0.15, 0.2) is 11.6 Å². The van der Waals surface area contributed by atoms with E-state index in [-0.39, 0.29) is 64.8 Å². The molecule has 0 aromatic heterocycles. The Morgan fingerprint density at radius 1 is 1.03 bits per heavy atom. The number of Topliss-reactive ketones (excluding diaryl/α,β-unsaturated/α-hetero) is 1. The molecule has 6 nitrogen and oxygen atoms in total. The van der Waals surface area contributed by atoms with Gasteiger partial charge in [0.2, 0.25) is 0 Å². The number of rotatable bonds is 3. The van der Waals surface area contributed by atoms with Crippen LogP contribution in [0, 0.1) is 56.7 Å². The summed E-state index contributed by atoms with van der Waals surface area (Å²) >= 11 is 0. The summed E-state index contributed by atoms with van der Waals surface area (Å²) in [5.41, 5.74) is -1.42. The molecule has 6 heteroatoms. The summed E-state index contributed by atoms with van der Waals surface area (Å²) in [4.78, 5) is 25.9. The highest BCUT2D eigenvalue weighted by atomic mass is 16.4. The number of aliphatic hydroxyl groups excluding tert-OH is 3. The number of carbonyl (C=O) groups is 2. The Bertz CT molecular complexity index is 984. The van der Waals surface area contributed by atoms with E-state index in [2.05, 4.69) is 40.7 Å². The summed E-state index contributed by atoms with van der Waals surface area (Å²) in [5, 5.41) is 42.5. The van der Waals surface area contributed by atoms with Gasteiger partial charge in [0.05, 0.1) is 24.7 Å². The standard InChI is InChI=1S/C30H46O6/c1-17-14-23(34)30(25(35)36)13-12-27(4)19(24(30)18(17)2)6-7-20-26(3)10-9-22(33)29(15-31,16-32)21(26)8-11-28(20,27)5/h6,17-18,20-21,23-24,31-32,34H,7-16H2,1-5H3,(H,35,36)/t17-,18+,20-,21?,23?,24+,26-,27-,28-,30-/m1/s1. The molecule has 2 unspecified atom stereocenters. The van der Waals surface area contributed by atoms with Crippen LogP contribution in [0.4, 0.5) is 0 Å². The van der Waals surface area contributed by atoms with Crippen LogP contribution in [0.3, 0.4) is 0 Å². The summed E-state index contributed by atoms with van der Waals surface area (Å²) in [6.07, 6.45) is 6.89. The van der Waals surface area contributed by atoms with Crippen LogP contribution in [0.2, 0.25) is 0 Å². The number of aliphatic carboxylic acids is 1. The molecule has 5 aliphatic carbocycles. The van der Waals surface area contributed by atoms with E-state index in [0.717, 1.165) is 32.1 Å². The Kier molecular flexibility index (Phi) is 5.95. The van der Waals surface area contributed by atoms with Gasteiger partial charge in [0.1, 0.15) is 11.2 Å². The van der Waals surface area contributed by atoms with Crippen molar-refractivity contribution in [3.63, 3.8) is 0 Å². The quantitative estimate of drug-likeness (QED) is 0.430. The largest absolute Gasteiger partial charge is 0.481 e. The highest BCUT2D eigenvalue weighted by molar-refractivity contribution is 5.86. The molecule has 4 fully saturated rings. The van der Waals surface area contributed by atoms with Crippen molar-refractivity contribution in [2.75, 3.05) is 13.2 Å². The second-order valence-electron chi connectivity index (χ2n) is 14.1. The van der Waals surface area contributed by atoms with Crippen LogP contribution in [-0.4, -0.2) is 51.5 Å². The Morgan fingerprint density at radius 3 is 2.31 bits per heavy atom. The predicted octanol–water partition coefficient (Wildman–Crippen LogP) is 4.21. The molecule has 0 aromatic carbocycles. The van der Waals surface area contributed by atoms with Crippen LogP contribution in [0.25, 0.3) is 0 Å². The zero-order valence-corrected chi connectivity index (χ0v) is 22.7. The van der Waals surface area contributed by atoms with Crippen LogP contribution in [0.5, 0.6) is 0 Å². The first-order valence-corrected chi connectivity index (χ1v) is 14.2. The SMILES string of the molecule is C[C@H]1[C@H](C)CC(O)[C@]2(C(=O)O)CC[C@]3(C)C(=CC[C@@H]4[C@@]5(C)CCC(=O)C(CO)(CO)C5CC[C@]43C)[C@H]12. The fourth-order valence-corrected chi connectivity index (χ4v) is 10.8. The van der Waals surface area contributed by atoms with E-state index in [1.165, 1.54) is 5.57 Å². The van der Waals surface area contributed by atoms with E-state index in [1.54, 1.807) is 0 Å². The van der Waals surface area contributed by atoms with Gasteiger partial charge in [0.25, 0.3) is 0 Å². The summed E-state index contributed by atoms with van der Waals surface area (Å²) in [6, 6.07) is 0. The molecule has 0 spiro atoms. The zero-order valence-electron chi connectivity index (χ0n) is 22.7. The molecule has 0 heterocycles. The maximum Gasteiger partial charge on any atom is 0.312 e. The van der Waals surface area contributed by atoms with Gasteiger partial charge in [-0.25, -0.2) is 0 Å². The molecule has 5 rings (SSSR count). The predicted molar refractivity (Wildman–Crippen MR) is 136 cm³/mol. The summed E-state index contributed by atoms with van der Waals surface area (Å²) in [6.45, 7) is 10.7. The molecule has 0 aliphatic heterocycles. The Hall–Kier alpha value is -1.24. The van der Waals surface area contributed by atoms with Crippen molar-refractivity contribution in [3.8, 4) is 0 Å². The number of hydrogen-bond donors (Lipinski definition) is 4. The molecule has 10 atom stereocenters. The van der Waals surface area contributed by atoms with Gasteiger partial charge in [0, 0.05) is 12.3 Å². The van der Waals surface area contributed by atoms with Crippen molar-refractivity contribution in [2.24, 2.45) is 56.7 Å². The lowest BCUT2D eigenvalue weighted by Crippen LogP contribution is -2.67. The summed E-state index contributed by atoms with van der Waals surface area (Å²) in [7, 11) is 0. The minimum Gasteiger partial charge on any atom is -0.481 e. The Morgan fingerprint density at radius 2 is 1.69 bits per heavy atom. The molecule has 5 aliphatic rings. The topological polar surface area (TPSA) is 115 Å². The van der Waals surface area contributed by atoms with Crippen molar-refractivity contribution >= 4 is 11.8 Å². The number of aliphatic hydroxyl groups is 3. The minimum atomic E-state index is -1.12. The molecule has 0 radical (unpaired) electrons. The molecule has 0 amide bonds. The van der Waals surface area contributed by atoms with Crippen LogP contribution >= 0.6 is 0 Å². The molecule has 0 saturated heterocycles. The number of ketones is 1. The lowest BCUT2D eigenvalue weighted by molar-refractivity contribution is -0.210. The molecular formula is C30H46O6. The molecule has 0 aromatic rings. The zero-order chi connectivity index (χ0) is 26.5. The average Bonchev–Trinajstić information content (AvgIpc) is 2.83. The van der Waals surface area contributed by atoms with Crippen molar-refractivity contribution in [1.29, 1.82) is 0 Å². The second-order valence-corrected chi connectivity index (χ2v) is 14.1. The van der Waals surface area contributed by atoms with Crippen molar-refractivity contribution < 1.29 is 30.0 Å². The summed E-state index contributed by atoms with van der Waals surface area (Å²) < 4.78 is 0. The van der Waals surface area contributed by atoms with E-state index < -0.39 is 22.9 Å². The number of hydrogen-bond acceptors (Lipinski definition) is 5. The highest BCUT2D eigenvalue weighted by Crippen LogP contribution is 2.75. The van der Waals surface area contributed by atoms with E-state index in [9.17, 15) is 30.0 Å². The van der Waals surface area contributed by atoms with E-state index in [1.807, 2.05) is 0 Å². The number of fused-ring (bicyclic) bond motifs is 7. The average molecular weight is 503 g/mol. The molecule has 0 bridgehead atoms. The maximum absolute atomic E-state index is 13.0. The normalized spacial score (nSPS) is 51.8. The van der Waals surface area contributed by atoms with Gasteiger partial charge >= 0.3 is 5.97 Å². The van der Waals surface area contributed by atoms with Gasteiger partial charge in [0.15, 0.2) is 0 Å². The maximum atomic E-state index is 13.0. The van der Waals surface area contributed by atoms with Crippen LogP contribution < -0.4 is 0 Å². The second kappa shape index (κ2) is 8.13. The molecule has 4 N–H and O–H groups in total. The number of allylic oxidation sites excluding steroid dienone is 2. The first-order chi connectivity index (χ1) is 16.8. The summed E-state index contributed by atoms with van der Waals surface area (Å²) in [5.74, 6) is -0.398. The van der Waals surface area contributed by atoms with E-state index >= 15 is 0 Å². The van der Waals surface area contributed by atoms with Crippen LogP contribution in [0.1, 0.15) is 86.0 Å². The monoisotopic (exact) mass is 502 g/mol. The first-order valence-electron chi connectivity index (χ1n) is 14.2. The van der Waals surface area contributed by atoms with Gasteiger partial charge in [-0.15, -0.1) is 0 Å². The van der Waals surface area contributed by atoms with Gasteiger partial charge < -0.3 is 20.4 Å². The third kappa shape index (κ3) is 2.85. The molecule has 202 valence electrons. The van der Waals surface area contributed by atoms with Gasteiger partial charge in [-0.2, -0.15) is 0 Å². The third-order valence-electron chi connectivity index (χ3n) is 13.4. The van der Waals surface area contributed by atoms with E-state index in [4.69, 9.17) is 0 Å². The fourth-order valence-electron chi connectivity index (χ4n) is 10.8. The Balaban J connectivity index is 1.63. The lowest BCUT2D eigenvalue weighted by Gasteiger charge is -2.71. The van der Waals surface area contributed by atoms with Crippen molar-refractivity contribution in [2.45, 2.75) is 92.1 Å². The van der Waals surface area contributed by atoms with Crippen LogP contribution in [-0.2, 0) is 9.59 Å². The van der Waals surface area contributed by atoms with Gasteiger partial charge in [-0.3, -0.25) is 9.59 Å². The Labute approximate surface area is 215 Å². The molecular weight excluding hydrogens is 456 g/mol. The van der Waals surface area contributed by atoms with Crippen molar-refractivity contribution in [1.82, 2.24) is 0 Å². The lowest BCUT2D eigenvalue weighted by atomic mass is 9.33. The van der Waals surface area contributed by atoms with Crippen molar-refractivity contribution in [3.05, 3.63) is 11.6 Å². The fraction of sp³-hybridized carbons (Fsp3) is 0.867. The highest BCUT2D eigenvalue weighted by Gasteiger charge is 2.71. The van der Waals surface area contributed by atoms with Gasteiger partial charge in [-0.05, 0) is 84.9 Å². The first kappa shape index (κ1) is 26.4. The number of carboxylic acids is 1. The molecule has 36 heavy (non-hydrogen) atoms. The molecule has 4 saturated carbocycles.